The van der Waals surface area contributed by atoms with E-state index in [1.165, 1.54) is 18.2 Å². The summed E-state index contributed by atoms with van der Waals surface area (Å²) in [5.41, 5.74) is 5.80. The summed E-state index contributed by atoms with van der Waals surface area (Å²) in [7, 11) is 0. The molecule has 0 saturated carbocycles. The Hall–Kier alpha value is -1.13. The summed E-state index contributed by atoms with van der Waals surface area (Å²) in [4.78, 5) is 11.7. The molecule has 0 aliphatic rings. The van der Waals surface area contributed by atoms with Gasteiger partial charge in [0.15, 0.2) is 0 Å². The molecule has 94 valence electrons. The third-order valence-electron chi connectivity index (χ3n) is 2.75. The van der Waals surface area contributed by atoms with Gasteiger partial charge in [0.2, 0.25) is 5.91 Å². The highest BCUT2D eigenvalue weighted by Crippen LogP contribution is 2.20. The van der Waals surface area contributed by atoms with Crippen molar-refractivity contribution in [3.8, 4) is 0 Å². The predicted octanol–water partition coefficient (Wildman–Crippen LogP) is 2.79. The summed E-state index contributed by atoms with van der Waals surface area (Å²) in [6.07, 6.45) is 0.784. The van der Waals surface area contributed by atoms with Crippen molar-refractivity contribution in [2.75, 3.05) is 5.32 Å². The first-order valence-electron chi connectivity index (χ1n) is 5.47. The fourth-order valence-corrected chi connectivity index (χ4v) is 1.49. The number of rotatable bonds is 4. The lowest BCUT2D eigenvalue weighted by atomic mass is 9.99. The second-order valence-corrected chi connectivity index (χ2v) is 4.46. The first kappa shape index (κ1) is 13.9. The molecule has 0 bridgehead atoms. The number of carbonyl (C=O) groups is 1. The number of hydrogen-bond acceptors (Lipinski definition) is 2. The van der Waals surface area contributed by atoms with Gasteiger partial charge in [-0.2, -0.15) is 0 Å². The lowest BCUT2D eigenvalue weighted by Gasteiger charge is -2.18. The maximum atomic E-state index is 13.4. The average molecular weight is 259 g/mol. The number of benzene rings is 1. The molecule has 0 aromatic heterocycles. The second kappa shape index (κ2) is 5.98. The molecule has 0 spiro atoms. The summed E-state index contributed by atoms with van der Waals surface area (Å²) in [5.74, 6) is -0.892. The Bertz CT molecular complexity index is 411. The Morgan fingerprint density at radius 1 is 1.59 bits per heavy atom. The molecule has 0 aliphatic heterocycles. The van der Waals surface area contributed by atoms with Crippen LogP contribution in [0, 0.1) is 11.7 Å². The fraction of sp³-hybridized carbons (Fsp3) is 0.417. The van der Waals surface area contributed by atoms with Gasteiger partial charge in [-0.05, 0) is 24.1 Å². The van der Waals surface area contributed by atoms with E-state index in [0.717, 1.165) is 6.42 Å². The van der Waals surface area contributed by atoms with E-state index in [4.69, 9.17) is 17.3 Å². The quantitative estimate of drug-likeness (QED) is 0.873. The minimum absolute atomic E-state index is 0.0391. The average Bonchev–Trinajstić information content (AvgIpc) is 2.31. The van der Waals surface area contributed by atoms with Gasteiger partial charge < -0.3 is 11.1 Å². The van der Waals surface area contributed by atoms with Gasteiger partial charge >= 0.3 is 0 Å². The standard InChI is InChI=1S/C12H16ClFN2O/c1-3-7(2)11(15)12(17)16-10-6-8(13)4-5-9(10)14/h4-7,11H,3,15H2,1-2H3,(H,16,17)/t7?,11-/m0/s1. The van der Waals surface area contributed by atoms with Gasteiger partial charge in [-0.3, -0.25) is 4.79 Å². The molecule has 0 heterocycles. The molecule has 1 amide bonds. The highest BCUT2D eigenvalue weighted by atomic mass is 35.5. The van der Waals surface area contributed by atoms with Crippen molar-refractivity contribution < 1.29 is 9.18 Å². The largest absolute Gasteiger partial charge is 0.322 e. The Labute approximate surface area is 105 Å². The number of hydrogen-bond donors (Lipinski definition) is 2. The normalized spacial score (nSPS) is 14.2. The van der Waals surface area contributed by atoms with Crippen molar-refractivity contribution in [1.29, 1.82) is 0 Å². The third-order valence-corrected chi connectivity index (χ3v) is 2.98. The monoisotopic (exact) mass is 258 g/mol. The van der Waals surface area contributed by atoms with Crippen molar-refractivity contribution in [3.05, 3.63) is 29.0 Å². The van der Waals surface area contributed by atoms with E-state index >= 15 is 0 Å². The lowest BCUT2D eigenvalue weighted by molar-refractivity contribution is -0.118. The molecule has 17 heavy (non-hydrogen) atoms. The Morgan fingerprint density at radius 3 is 2.82 bits per heavy atom. The number of nitrogens with two attached hydrogens (primary N) is 1. The molecule has 2 atom stereocenters. The summed E-state index contributed by atoms with van der Waals surface area (Å²) < 4.78 is 13.4. The highest BCUT2D eigenvalue weighted by Gasteiger charge is 2.20. The van der Waals surface area contributed by atoms with Gasteiger partial charge in [-0.25, -0.2) is 4.39 Å². The molecule has 0 radical (unpaired) electrons. The van der Waals surface area contributed by atoms with Gasteiger partial charge in [0.1, 0.15) is 5.82 Å². The molecule has 1 aromatic carbocycles. The van der Waals surface area contributed by atoms with Crippen LogP contribution in [0.3, 0.4) is 0 Å². The summed E-state index contributed by atoms with van der Waals surface area (Å²) in [6.45, 7) is 3.82. The van der Waals surface area contributed by atoms with Crippen molar-refractivity contribution >= 4 is 23.2 Å². The molecule has 1 aromatic rings. The lowest BCUT2D eigenvalue weighted by Crippen LogP contribution is -2.40. The molecule has 0 fully saturated rings. The minimum Gasteiger partial charge on any atom is -0.322 e. The van der Waals surface area contributed by atoms with E-state index in [2.05, 4.69) is 5.32 Å². The van der Waals surface area contributed by atoms with Crippen LogP contribution >= 0.6 is 11.6 Å². The third kappa shape index (κ3) is 3.68. The number of nitrogens with one attached hydrogen (secondary N) is 1. The molecular weight excluding hydrogens is 243 g/mol. The number of anilines is 1. The number of carbonyl (C=O) groups excluding carboxylic acids is 1. The van der Waals surface area contributed by atoms with Crippen LogP contribution in [0.1, 0.15) is 20.3 Å². The van der Waals surface area contributed by atoms with Crippen molar-refractivity contribution in [2.24, 2.45) is 11.7 Å². The van der Waals surface area contributed by atoms with E-state index in [0.29, 0.717) is 5.02 Å². The Balaban J connectivity index is 2.77. The summed E-state index contributed by atoms with van der Waals surface area (Å²) in [6, 6.07) is 3.32. The first-order chi connectivity index (χ1) is 7.95. The SMILES string of the molecule is CCC(C)[C@H](N)C(=O)Nc1cc(Cl)ccc1F. The van der Waals surface area contributed by atoms with Gasteiger partial charge in [0.25, 0.3) is 0 Å². The molecule has 1 unspecified atom stereocenters. The molecule has 0 aliphatic carbocycles. The van der Waals surface area contributed by atoms with Crippen LogP contribution in [-0.2, 0) is 4.79 Å². The zero-order valence-electron chi connectivity index (χ0n) is 9.84. The predicted molar refractivity (Wildman–Crippen MR) is 67.5 cm³/mol. The van der Waals surface area contributed by atoms with Crippen LogP contribution in [0.15, 0.2) is 18.2 Å². The minimum atomic E-state index is -0.654. The Kier molecular flexibility index (Phi) is 4.90. The summed E-state index contributed by atoms with van der Waals surface area (Å²) >= 11 is 5.72. The maximum absolute atomic E-state index is 13.4. The van der Waals surface area contributed by atoms with Crippen molar-refractivity contribution in [3.63, 3.8) is 0 Å². The van der Waals surface area contributed by atoms with Gasteiger partial charge in [0.05, 0.1) is 11.7 Å². The van der Waals surface area contributed by atoms with E-state index in [9.17, 15) is 9.18 Å². The molecule has 3 nitrogen and oxygen atoms in total. The van der Waals surface area contributed by atoms with Gasteiger partial charge in [-0.1, -0.05) is 31.9 Å². The zero-order valence-corrected chi connectivity index (χ0v) is 10.6. The Morgan fingerprint density at radius 2 is 2.24 bits per heavy atom. The van der Waals surface area contributed by atoms with E-state index in [-0.39, 0.29) is 11.6 Å². The van der Waals surface area contributed by atoms with Crippen LogP contribution in [0.4, 0.5) is 10.1 Å². The van der Waals surface area contributed by atoms with Crippen molar-refractivity contribution in [1.82, 2.24) is 0 Å². The van der Waals surface area contributed by atoms with Gasteiger partial charge in [0, 0.05) is 5.02 Å². The number of halogens is 2. The van der Waals surface area contributed by atoms with Crippen molar-refractivity contribution in [2.45, 2.75) is 26.3 Å². The zero-order chi connectivity index (χ0) is 13.0. The van der Waals surface area contributed by atoms with Crippen LogP contribution < -0.4 is 11.1 Å². The molecule has 1 rings (SSSR count). The second-order valence-electron chi connectivity index (χ2n) is 4.02. The van der Waals surface area contributed by atoms with E-state index in [1.807, 2.05) is 13.8 Å². The molecule has 0 saturated heterocycles. The van der Waals surface area contributed by atoms with Crippen LogP contribution in [0.5, 0.6) is 0 Å². The van der Waals surface area contributed by atoms with Crippen LogP contribution in [0.2, 0.25) is 5.02 Å². The first-order valence-corrected chi connectivity index (χ1v) is 5.85. The topological polar surface area (TPSA) is 55.1 Å². The van der Waals surface area contributed by atoms with E-state index in [1.54, 1.807) is 0 Å². The molecule has 3 N–H and O–H groups in total. The fourth-order valence-electron chi connectivity index (χ4n) is 1.32. The molecular formula is C12H16ClFN2O. The number of amides is 1. The smallest absolute Gasteiger partial charge is 0.241 e. The van der Waals surface area contributed by atoms with Crippen LogP contribution in [-0.4, -0.2) is 11.9 Å². The molecule has 5 heteroatoms. The highest BCUT2D eigenvalue weighted by molar-refractivity contribution is 6.30. The van der Waals surface area contributed by atoms with Gasteiger partial charge in [-0.15, -0.1) is 0 Å². The summed E-state index contributed by atoms with van der Waals surface area (Å²) in [5, 5.41) is 2.80. The van der Waals surface area contributed by atoms with E-state index < -0.39 is 17.8 Å². The maximum Gasteiger partial charge on any atom is 0.241 e. The van der Waals surface area contributed by atoms with Crippen LogP contribution in [0.25, 0.3) is 0 Å².